The van der Waals surface area contributed by atoms with Crippen LogP contribution in [0.25, 0.3) is 0 Å². The summed E-state index contributed by atoms with van der Waals surface area (Å²) in [5.41, 5.74) is 11.5. The zero-order valence-corrected chi connectivity index (χ0v) is 72.3. The normalized spacial score (nSPS) is 21.0. The van der Waals surface area contributed by atoms with Crippen LogP contribution in [-0.2, 0) is 85.3 Å². The molecule has 109 heavy (non-hydrogen) atoms. The molecule has 2 saturated heterocycles. The van der Waals surface area contributed by atoms with Crippen molar-refractivity contribution in [3.8, 4) is 11.5 Å². The molecule has 19 nitrogen and oxygen atoms in total. The van der Waals surface area contributed by atoms with E-state index in [9.17, 15) is 45.6 Å². The molecule has 0 aliphatic carbocycles. The second kappa shape index (κ2) is 40.8. The van der Waals surface area contributed by atoms with Crippen LogP contribution in [0.4, 0.5) is 11.4 Å². The highest BCUT2D eigenvalue weighted by Gasteiger charge is 2.49. The average Bonchev–Trinajstić information content (AvgIpc) is 0.801. The van der Waals surface area contributed by atoms with Gasteiger partial charge < -0.3 is 89.4 Å². The van der Waals surface area contributed by atoms with Gasteiger partial charge in [-0.3, -0.25) is 0 Å². The van der Waals surface area contributed by atoms with Crippen molar-refractivity contribution in [3.05, 3.63) is 154 Å². The lowest BCUT2D eigenvalue weighted by Crippen LogP contribution is -2.61. The number of anilines is 2. The summed E-state index contributed by atoms with van der Waals surface area (Å²) in [6, 6.07) is 37.2. The molecule has 7 rings (SSSR count). The predicted octanol–water partition coefficient (Wildman–Crippen LogP) is 16.9. The van der Waals surface area contributed by atoms with E-state index in [1.807, 2.05) is 65.8 Å². The SMILES string of the molecule is CC(C)(C)Cc1cc(COC(C)(C)C)ccc1OC1OC(C(=O)O)C(O)C(O)C1O.CC(C)(C)Cc1cc(COC(C)(C)C)ccc1OC1OC(CO)C(O)C(O)C1O.CC(C)(C)Cc1ccc(COC(C)(C)C)cc1.CC(C)(C)Cc1ccc(NC(C)(C)C)cc1.CC(C)(C)Nc1ccc(COC(C)(C)C)cc1. The molecular weight excluding hydrogens is 1380 g/mol. The van der Waals surface area contributed by atoms with Crippen LogP contribution in [0, 0.1) is 21.7 Å². The zero-order valence-electron chi connectivity index (χ0n) is 72.3. The molecule has 19 heteroatoms. The van der Waals surface area contributed by atoms with Gasteiger partial charge in [0.2, 0.25) is 12.6 Å². The molecule has 0 amide bonds. The van der Waals surface area contributed by atoms with Crippen molar-refractivity contribution < 1.29 is 83.5 Å². The molecular formula is C90H146N2O17. The number of carbonyl (C=O) groups is 1. The Balaban J connectivity index is 0.000000363. The summed E-state index contributed by atoms with van der Waals surface area (Å²) < 4.78 is 45.6. The number of hydrogen-bond donors (Lipinski definition) is 10. The molecule has 5 aromatic carbocycles. The molecule has 2 aliphatic rings. The highest BCUT2D eigenvalue weighted by atomic mass is 16.7. The number of benzene rings is 5. The Bertz CT molecular complexity index is 3340. The molecule has 10 N–H and O–H groups in total. The summed E-state index contributed by atoms with van der Waals surface area (Å²) in [7, 11) is 0. The number of carboxylic acids is 1. The van der Waals surface area contributed by atoms with Crippen LogP contribution in [0.1, 0.15) is 252 Å². The van der Waals surface area contributed by atoms with Crippen LogP contribution in [0.5, 0.6) is 11.5 Å². The number of ether oxygens (including phenoxy) is 8. The molecule has 2 fully saturated rings. The van der Waals surface area contributed by atoms with E-state index in [2.05, 4.69) is 250 Å². The van der Waals surface area contributed by atoms with Gasteiger partial charge in [0.1, 0.15) is 54.2 Å². The monoisotopic (exact) mass is 1530 g/mol. The average molecular weight is 1530 g/mol. The van der Waals surface area contributed by atoms with E-state index < -0.39 is 74.0 Å². The third kappa shape index (κ3) is 41.0. The Morgan fingerprint density at radius 2 is 0.624 bits per heavy atom. The fourth-order valence-electron chi connectivity index (χ4n) is 11.1. The lowest BCUT2D eigenvalue weighted by atomic mass is 9.87. The van der Waals surface area contributed by atoms with Crippen molar-refractivity contribution in [2.45, 2.75) is 355 Å². The first-order valence-electron chi connectivity index (χ1n) is 38.6. The standard InChI is InChI=1S/C22H34O8.C22H36O7.C16H26O.C15H25NO.C15H25N/c1-21(2,3)10-13-9-12(11-28-22(4,5)6)7-8-14(13)29-20-17(25)15(23)16(24)18(30-20)19(26)27;1-21(2,3)10-14-9-13(12-27-22(4,5)6)7-8-15(14)28-20-19(26)18(25)17(24)16(11-23)29-20;1-15(2,3)11-13-7-9-14(10-8-13)12-17-16(4,5)6;1-14(2,3)16-13-9-7-12(8-10-13)11-17-15(4,5)6;1-14(2,3)11-12-7-9-13(10-8-12)16-15(4,5)6/h7-9,15-18,20,23-25H,10-11H2,1-6H3,(H,26,27);7-9,16-20,23-26H,10-12H2,1-6H3;7-10H,11-12H2,1-6H3;7-10,16H,11H2,1-6H3;7-10,16H,11H2,1-6H3. The van der Waals surface area contributed by atoms with Gasteiger partial charge in [0.05, 0.1) is 55.4 Å². The van der Waals surface area contributed by atoms with E-state index in [4.69, 9.17) is 37.9 Å². The third-order valence-corrected chi connectivity index (χ3v) is 16.0. The van der Waals surface area contributed by atoms with Gasteiger partial charge in [-0.2, -0.15) is 0 Å². The van der Waals surface area contributed by atoms with Gasteiger partial charge >= 0.3 is 5.97 Å². The van der Waals surface area contributed by atoms with Crippen LogP contribution in [0.2, 0.25) is 0 Å². The van der Waals surface area contributed by atoms with Gasteiger partial charge in [-0.25, -0.2) is 4.79 Å². The van der Waals surface area contributed by atoms with E-state index in [1.54, 1.807) is 12.1 Å². The van der Waals surface area contributed by atoms with Crippen molar-refractivity contribution in [3.63, 3.8) is 0 Å². The van der Waals surface area contributed by atoms with Gasteiger partial charge in [-0.15, -0.1) is 0 Å². The Hall–Kier alpha value is -5.75. The van der Waals surface area contributed by atoms with E-state index in [-0.39, 0.29) is 44.3 Å². The quantitative estimate of drug-likeness (QED) is 0.0347. The lowest BCUT2D eigenvalue weighted by molar-refractivity contribution is -0.277. The minimum atomic E-state index is -1.76. The molecule has 5 aromatic rings. The predicted molar refractivity (Wildman–Crippen MR) is 439 cm³/mol. The number of nitrogens with one attached hydrogen (secondary N) is 2. The summed E-state index contributed by atoms with van der Waals surface area (Å²) in [4.78, 5) is 11.3. The molecule has 2 heterocycles. The van der Waals surface area contributed by atoms with Crippen molar-refractivity contribution in [2.75, 3.05) is 17.2 Å². The number of aliphatic hydroxyl groups is 7. The number of aliphatic hydroxyl groups excluding tert-OH is 7. The Morgan fingerprint density at radius 3 is 0.917 bits per heavy atom. The summed E-state index contributed by atoms with van der Waals surface area (Å²) in [5.74, 6) is -0.531. The second-order valence-corrected chi connectivity index (χ2v) is 40.1. The van der Waals surface area contributed by atoms with Gasteiger partial charge in [0, 0.05) is 22.5 Å². The maximum atomic E-state index is 11.3. The minimum absolute atomic E-state index is 0.0169. The maximum Gasteiger partial charge on any atom is 0.335 e. The summed E-state index contributed by atoms with van der Waals surface area (Å²) in [6.45, 7) is 65.3. The fourth-order valence-corrected chi connectivity index (χ4v) is 11.1. The van der Waals surface area contributed by atoms with Crippen LogP contribution in [-0.4, -0.2) is 148 Å². The van der Waals surface area contributed by atoms with E-state index in [0.29, 0.717) is 61.6 Å². The van der Waals surface area contributed by atoms with Crippen molar-refractivity contribution in [1.82, 2.24) is 0 Å². The first-order valence-corrected chi connectivity index (χ1v) is 38.6. The van der Waals surface area contributed by atoms with Crippen LogP contribution < -0.4 is 20.1 Å². The van der Waals surface area contributed by atoms with Crippen molar-refractivity contribution in [2.24, 2.45) is 21.7 Å². The first-order chi connectivity index (χ1) is 49.4. The number of carboxylic acid groups (broad SMARTS) is 1. The molecule has 2 aliphatic heterocycles. The molecule has 618 valence electrons. The van der Waals surface area contributed by atoms with Crippen LogP contribution in [0.3, 0.4) is 0 Å². The van der Waals surface area contributed by atoms with E-state index in [0.717, 1.165) is 40.8 Å². The number of aliphatic carboxylic acids is 1. The highest BCUT2D eigenvalue weighted by molar-refractivity contribution is 5.73. The molecule has 0 bridgehead atoms. The molecule has 10 atom stereocenters. The molecule has 10 unspecified atom stereocenters. The molecule has 0 saturated carbocycles. The van der Waals surface area contributed by atoms with Gasteiger partial charge in [0.15, 0.2) is 6.10 Å². The van der Waals surface area contributed by atoms with Gasteiger partial charge in [-0.05, 0) is 265 Å². The fraction of sp³-hybridized carbons (Fsp3) is 0.656. The Labute approximate surface area is 656 Å². The number of rotatable bonds is 20. The number of hydrogen-bond acceptors (Lipinski definition) is 18. The summed E-state index contributed by atoms with van der Waals surface area (Å²) in [5, 5.41) is 85.8. The van der Waals surface area contributed by atoms with E-state index in [1.165, 1.54) is 27.9 Å². The minimum Gasteiger partial charge on any atom is -0.479 e. The Morgan fingerprint density at radius 1 is 0.349 bits per heavy atom. The third-order valence-electron chi connectivity index (χ3n) is 16.0. The molecule has 0 spiro atoms. The summed E-state index contributed by atoms with van der Waals surface area (Å²) in [6.07, 6.45) is -11.2. The molecule has 0 aromatic heterocycles. The van der Waals surface area contributed by atoms with Gasteiger partial charge in [0.25, 0.3) is 0 Å². The Kier molecular flexibility index (Phi) is 36.5. The summed E-state index contributed by atoms with van der Waals surface area (Å²) >= 11 is 0. The highest BCUT2D eigenvalue weighted by Crippen LogP contribution is 2.36. The largest absolute Gasteiger partial charge is 0.479 e. The van der Waals surface area contributed by atoms with Crippen LogP contribution >= 0.6 is 0 Å². The first kappa shape index (κ1) is 97.4. The van der Waals surface area contributed by atoms with Crippen molar-refractivity contribution >= 4 is 17.3 Å². The zero-order chi connectivity index (χ0) is 83.4. The van der Waals surface area contributed by atoms with Gasteiger partial charge in [-0.1, -0.05) is 144 Å². The van der Waals surface area contributed by atoms with E-state index >= 15 is 0 Å². The maximum absolute atomic E-state index is 11.3. The molecule has 0 radical (unpaired) electrons. The topological polar surface area (TPSA) is 277 Å². The second-order valence-electron chi connectivity index (χ2n) is 40.1. The van der Waals surface area contributed by atoms with Crippen molar-refractivity contribution in [1.29, 1.82) is 0 Å². The lowest BCUT2D eigenvalue weighted by Gasteiger charge is -2.39. The van der Waals surface area contributed by atoms with Crippen LogP contribution in [0.15, 0.2) is 109 Å². The smallest absolute Gasteiger partial charge is 0.335 e.